The van der Waals surface area contributed by atoms with Crippen molar-refractivity contribution in [3.05, 3.63) is 130 Å². The van der Waals surface area contributed by atoms with E-state index < -0.39 is 0 Å². The van der Waals surface area contributed by atoms with Crippen LogP contribution in [0.1, 0.15) is 49.9 Å². The third-order valence-electron chi connectivity index (χ3n) is 9.66. The molecule has 41 heavy (non-hydrogen) atoms. The SMILES string of the molecule is CN1c2cc(-c3ccc4c(=O)c5ccccc5oc4c3)ccc2C(C)(C)c2c1ccc1c2-c2ccccc2C1(C)C. The molecule has 0 N–H and O–H groups in total. The van der Waals surface area contributed by atoms with Gasteiger partial charge in [0.05, 0.1) is 10.8 Å². The highest BCUT2D eigenvalue weighted by Crippen LogP contribution is 2.58. The summed E-state index contributed by atoms with van der Waals surface area (Å²) in [6.07, 6.45) is 0. The van der Waals surface area contributed by atoms with Gasteiger partial charge in [-0.25, -0.2) is 0 Å². The largest absolute Gasteiger partial charge is 0.456 e. The number of rotatable bonds is 1. The molecule has 5 aromatic carbocycles. The summed E-state index contributed by atoms with van der Waals surface area (Å²) < 4.78 is 6.18. The molecule has 8 rings (SSSR count). The fourth-order valence-corrected chi connectivity index (χ4v) is 7.46. The number of fused-ring (bicyclic) bond motifs is 8. The lowest BCUT2D eigenvalue weighted by Crippen LogP contribution is -2.32. The van der Waals surface area contributed by atoms with E-state index in [0.717, 1.165) is 11.1 Å². The second-order valence-electron chi connectivity index (χ2n) is 12.6. The predicted octanol–water partition coefficient (Wildman–Crippen LogP) is 9.33. The van der Waals surface area contributed by atoms with Gasteiger partial charge >= 0.3 is 0 Å². The van der Waals surface area contributed by atoms with Gasteiger partial charge in [0.2, 0.25) is 5.43 Å². The average Bonchev–Trinajstić information content (AvgIpc) is 3.22. The van der Waals surface area contributed by atoms with Gasteiger partial charge in [0.15, 0.2) is 0 Å². The van der Waals surface area contributed by atoms with Crippen molar-refractivity contribution in [1.82, 2.24) is 0 Å². The molecule has 3 heteroatoms. The van der Waals surface area contributed by atoms with E-state index in [0.29, 0.717) is 21.9 Å². The molecule has 1 aliphatic heterocycles. The van der Waals surface area contributed by atoms with Crippen LogP contribution in [-0.4, -0.2) is 7.05 Å². The van der Waals surface area contributed by atoms with Gasteiger partial charge in [-0.05, 0) is 80.9 Å². The molecule has 0 atom stereocenters. The van der Waals surface area contributed by atoms with Crippen LogP contribution in [0, 0.1) is 0 Å². The highest BCUT2D eigenvalue weighted by molar-refractivity contribution is 5.94. The van der Waals surface area contributed by atoms with E-state index in [4.69, 9.17) is 4.42 Å². The molecule has 0 radical (unpaired) electrons. The number of hydrogen-bond donors (Lipinski definition) is 0. The van der Waals surface area contributed by atoms with Gasteiger partial charge in [-0.3, -0.25) is 4.79 Å². The number of nitrogens with zero attached hydrogens (tertiary/aromatic N) is 1. The summed E-state index contributed by atoms with van der Waals surface area (Å²) in [6, 6.07) is 33.7. The molecule has 200 valence electrons. The Hall–Kier alpha value is -4.63. The lowest BCUT2D eigenvalue weighted by atomic mass is 9.70. The van der Waals surface area contributed by atoms with Crippen molar-refractivity contribution in [2.75, 3.05) is 11.9 Å². The number of hydrogen-bond acceptors (Lipinski definition) is 3. The molecule has 1 aliphatic carbocycles. The Morgan fingerprint density at radius 1 is 0.610 bits per heavy atom. The molecule has 2 heterocycles. The van der Waals surface area contributed by atoms with Gasteiger partial charge in [-0.1, -0.05) is 88.4 Å². The minimum absolute atomic E-state index is 0.00853. The number of para-hydroxylation sites is 1. The van der Waals surface area contributed by atoms with Gasteiger partial charge in [-0.2, -0.15) is 0 Å². The zero-order valence-electron chi connectivity index (χ0n) is 24.0. The van der Waals surface area contributed by atoms with Crippen molar-refractivity contribution < 1.29 is 4.42 Å². The molecule has 6 aromatic rings. The normalized spacial score (nSPS) is 15.9. The van der Waals surface area contributed by atoms with E-state index in [1.807, 2.05) is 42.5 Å². The maximum Gasteiger partial charge on any atom is 0.200 e. The van der Waals surface area contributed by atoms with Crippen LogP contribution in [0.5, 0.6) is 0 Å². The summed E-state index contributed by atoms with van der Waals surface area (Å²) in [6.45, 7) is 9.42. The van der Waals surface area contributed by atoms with Gasteiger partial charge in [0.25, 0.3) is 0 Å². The number of benzene rings is 5. The van der Waals surface area contributed by atoms with Gasteiger partial charge in [0.1, 0.15) is 11.2 Å². The third kappa shape index (κ3) is 3.12. The van der Waals surface area contributed by atoms with Crippen molar-refractivity contribution in [1.29, 1.82) is 0 Å². The quantitative estimate of drug-likeness (QED) is 0.197. The summed E-state index contributed by atoms with van der Waals surface area (Å²) in [4.78, 5) is 15.4. The summed E-state index contributed by atoms with van der Waals surface area (Å²) in [5.74, 6) is 0. The molecule has 0 saturated heterocycles. The summed E-state index contributed by atoms with van der Waals surface area (Å²) in [5.41, 5.74) is 13.9. The second kappa shape index (κ2) is 7.98. The molecular weight excluding hydrogens is 502 g/mol. The number of anilines is 2. The summed E-state index contributed by atoms with van der Waals surface area (Å²) in [7, 11) is 2.18. The lowest BCUT2D eigenvalue weighted by molar-refractivity contribution is 0.625. The molecule has 0 saturated carbocycles. The van der Waals surface area contributed by atoms with Crippen molar-refractivity contribution in [3.63, 3.8) is 0 Å². The second-order valence-corrected chi connectivity index (χ2v) is 12.6. The molecule has 0 fully saturated rings. The van der Waals surface area contributed by atoms with Crippen LogP contribution in [0.15, 0.2) is 106 Å². The highest BCUT2D eigenvalue weighted by atomic mass is 16.3. The van der Waals surface area contributed by atoms with Crippen LogP contribution in [0.2, 0.25) is 0 Å². The molecule has 2 aliphatic rings. The fraction of sp³-hybridized carbons (Fsp3) is 0.184. The molecule has 3 nitrogen and oxygen atoms in total. The van der Waals surface area contributed by atoms with Crippen LogP contribution in [0.4, 0.5) is 11.4 Å². The van der Waals surface area contributed by atoms with E-state index >= 15 is 0 Å². The van der Waals surface area contributed by atoms with Gasteiger partial charge < -0.3 is 9.32 Å². The maximum absolute atomic E-state index is 13.1. The summed E-state index contributed by atoms with van der Waals surface area (Å²) in [5, 5.41) is 1.22. The Kier molecular flexibility index (Phi) is 4.71. The minimum Gasteiger partial charge on any atom is -0.456 e. The highest BCUT2D eigenvalue weighted by Gasteiger charge is 2.44. The monoisotopic (exact) mass is 533 g/mol. The Balaban J connectivity index is 1.30. The van der Waals surface area contributed by atoms with Crippen LogP contribution < -0.4 is 10.3 Å². The van der Waals surface area contributed by atoms with Crippen LogP contribution in [0.3, 0.4) is 0 Å². The standard InChI is InChI=1S/C38H31NO2/c1-37(2)27-12-8-6-10-24(27)34-29(37)18-19-30-35(34)38(3,4)28-17-15-22(20-31(28)39(30)5)23-14-16-26-33(21-23)41-32-13-9-7-11-25(32)36(26)40/h6-21H,1-5H3. The Labute approximate surface area is 239 Å². The van der Waals surface area contributed by atoms with Crippen molar-refractivity contribution in [3.8, 4) is 22.3 Å². The summed E-state index contributed by atoms with van der Waals surface area (Å²) >= 11 is 0. The van der Waals surface area contributed by atoms with Crippen LogP contribution in [-0.2, 0) is 10.8 Å². The van der Waals surface area contributed by atoms with Crippen molar-refractivity contribution in [2.24, 2.45) is 0 Å². The molecule has 0 unspecified atom stereocenters. The molecule has 0 amide bonds. The molecule has 0 bridgehead atoms. The minimum atomic E-state index is -0.191. The van der Waals surface area contributed by atoms with E-state index in [-0.39, 0.29) is 16.3 Å². The zero-order chi connectivity index (χ0) is 28.3. The van der Waals surface area contributed by atoms with Gasteiger partial charge in [0, 0.05) is 29.3 Å². The smallest absolute Gasteiger partial charge is 0.200 e. The van der Waals surface area contributed by atoms with Crippen LogP contribution >= 0.6 is 0 Å². The van der Waals surface area contributed by atoms with E-state index in [9.17, 15) is 4.79 Å². The Bertz CT molecular complexity index is 2150. The predicted molar refractivity (Wildman–Crippen MR) is 170 cm³/mol. The molecular formula is C38H31NO2. The van der Waals surface area contributed by atoms with Gasteiger partial charge in [-0.15, -0.1) is 0 Å². The Morgan fingerprint density at radius 3 is 2.15 bits per heavy atom. The topological polar surface area (TPSA) is 33.5 Å². The van der Waals surface area contributed by atoms with E-state index in [2.05, 4.69) is 94.2 Å². The zero-order valence-corrected chi connectivity index (χ0v) is 24.0. The third-order valence-corrected chi connectivity index (χ3v) is 9.66. The maximum atomic E-state index is 13.1. The first-order valence-electron chi connectivity index (χ1n) is 14.3. The molecule has 1 aromatic heterocycles. The average molecular weight is 534 g/mol. The fourth-order valence-electron chi connectivity index (χ4n) is 7.46. The van der Waals surface area contributed by atoms with E-state index in [1.165, 1.54) is 44.8 Å². The van der Waals surface area contributed by atoms with Crippen molar-refractivity contribution in [2.45, 2.75) is 38.5 Å². The molecule has 0 spiro atoms. The first-order valence-corrected chi connectivity index (χ1v) is 14.3. The first-order chi connectivity index (χ1) is 19.7. The van der Waals surface area contributed by atoms with Crippen molar-refractivity contribution >= 4 is 33.3 Å². The van der Waals surface area contributed by atoms with Crippen LogP contribution in [0.25, 0.3) is 44.2 Å². The van der Waals surface area contributed by atoms with E-state index in [1.54, 1.807) is 0 Å². The first kappa shape index (κ1) is 24.2. The Morgan fingerprint density at radius 2 is 1.29 bits per heavy atom. The lowest BCUT2D eigenvalue weighted by Gasteiger charge is -2.42.